The van der Waals surface area contributed by atoms with Crippen molar-refractivity contribution in [3.63, 3.8) is 0 Å². The Morgan fingerprint density at radius 2 is 1.17 bits per heavy atom. The van der Waals surface area contributed by atoms with Crippen LogP contribution in [0.25, 0.3) is 0 Å². The predicted molar refractivity (Wildman–Crippen MR) is 22.0 cm³/mol. The van der Waals surface area contributed by atoms with Crippen molar-refractivity contribution in [2.45, 2.75) is 12.2 Å². The number of aliphatic hydroxyl groups is 2. The Morgan fingerprint density at radius 3 is 1.25 bits per heavy atom. The molecule has 0 aromatic rings. The third-order valence-electron chi connectivity index (χ3n) is 0.782. The van der Waals surface area contributed by atoms with E-state index in [9.17, 15) is 19.8 Å². The van der Waals surface area contributed by atoms with Gasteiger partial charge in [-0.2, -0.15) is 0 Å². The molecule has 0 amide bonds. The molecule has 0 aliphatic rings. The molecule has 8 heteroatoms. The normalized spacial score (nSPS) is 13.2. The van der Waals surface area contributed by atoms with Gasteiger partial charge in [0, 0.05) is 0 Å². The Balaban J connectivity index is -0.000000405. The van der Waals surface area contributed by atoms with Crippen LogP contribution in [-0.2, 0) is 26.1 Å². The van der Waals surface area contributed by atoms with Gasteiger partial charge in [-0.05, 0) is 0 Å². The van der Waals surface area contributed by atoms with Gasteiger partial charge in [0.25, 0.3) is 0 Å². The maximum atomic E-state index is 9.63. The molecule has 0 saturated carbocycles. The van der Waals surface area contributed by atoms with Crippen molar-refractivity contribution in [2.75, 3.05) is 0 Å². The van der Waals surface area contributed by atoms with Crippen LogP contribution < -0.4 is 39.8 Å². The molecule has 0 heterocycles. The summed E-state index contributed by atoms with van der Waals surface area (Å²) in [6, 6.07) is 0. The summed E-state index contributed by atoms with van der Waals surface area (Å²) in [5.74, 6) is -4.12. The maximum absolute atomic E-state index is 9.63. The van der Waals surface area contributed by atoms with Crippen LogP contribution in [0.1, 0.15) is 0 Å². The summed E-state index contributed by atoms with van der Waals surface area (Å²) in [4.78, 5) is 19.3. The van der Waals surface area contributed by atoms with Crippen LogP contribution in [0.15, 0.2) is 0 Å². The van der Waals surface area contributed by atoms with Crippen LogP contribution in [0.5, 0.6) is 0 Å². The predicted octanol–water partition coefficient (Wildman–Crippen LogP) is -7.79. The molecule has 2 unspecified atom stereocenters. The molecule has 2 N–H and O–H groups in total. The third kappa shape index (κ3) is 5.94. The zero-order valence-electron chi connectivity index (χ0n) is 6.00. The number of carbonyl (C=O) groups is 2. The van der Waals surface area contributed by atoms with Gasteiger partial charge in [-0.15, -0.1) is 0 Å². The molecule has 0 spiro atoms. The Kier molecular flexibility index (Phi) is 12.1. The summed E-state index contributed by atoms with van der Waals surface area (Å²) < 4.78 is 0. The number of carboxylic acid groups (broad SMARTS) is 2. The van der Waals surface area contributed by atoms with E-state index in [0.717, 1.165) is 0 Å². The Bertz CT molecular complexity index is 144. The summed E-state index contributed by atoms with van der Waals surface area (Å²) in [6.07, 6.45) is -4.88. The van der Waals surface area contributed by atoms with Gasteiger partial charge in [0.15, 0.2) is 0 Å². The van der Waals surface area contributed by atoms with Crippen LogP contribution in [0.2, 0.25) is 0 Å². The summed E-state index contributed by atoms with van der Waals surface area (Å²) in [5, 5.41) is 35.7. The van der Waals surface area contributed by atoms with Gasteiger partial charge < -0.3 is 30.0 Å². The second kappa shape index (κ2) is 7.97. The Hall–Kier alpha value is 0.354. The van der Waals surface area contributed by atoms with Gasteiger partial charge in [-0.25, -0.2) is 0 Å². The van der Waals surface area contributed by atoms with E-state index >= 15 is 0 Å². The van der Waals surface area contributed by atoms with E-state index in [2.05, 4.69) is 0 Å². The summed E-state index contributed by atoms with van der Waals surface area (Å²) >= 11 is 0. The minimum atomic E-state index is -2.44. The van der Waals surface area contributed by atoms with Crippen molar-refractivity contribution < 1.29 is 76.1 Å². The van der Waals surface area contributed by atoms with E-state index in [1.54, 1.807) is 0 Å². The summed E-state index contributed by atoms with van der Waals surface area (Å²) in [6.45, 7) is 0. The molecule has 0 bridgehead atoms. The number of carbonyl (C=O) groups excluding carboxylic acids is 2. The monoisotopic (exact) mass is 229 g/mol. The van der Waals surface area contributed by atoms with Crippen LogP contribution in [0, 0.1) is 0 Å². The first kappa shape index (κ1) is 18.2. The van der Waals surface area contributed by atoms with Gasteiger partial charge in [0.2, 0.25) is 0 Å². The molecule has 12 heavy (non-hydrogen) atoms. The first-order valence-corrected chi connectivity index (χ1v) is 2.24. The molecule has 0 rings (SSSR count). The van der Waals surface area contributed by atoms with E-state index < -0.39 is 24.1 Å². The minimum Gasteiger partial charge on any atom is -0.547 e. The SMILES string of the molecule is O=C([O-])C(O)C(O)C(=O)[O-].[Na+].[Ni+2]. The second-order valence-electron chi connectivity index (χ2n) is 1.53. The molecule has 2 atom stereocenters. The standard InChI is InChI=1S/C4H6O6.Na.Ni/c5-1(3(7)8)2(6)4(9)10;;/h1-2,5-6H,(H,7,8)(H,9,10);;/q;+1;+2/p-2. The van der Waals surface area contributed by atoms with Crippen molar-refractivity contribution in [3.05, 3.63) is 0 Å². The van der Waals surface area contributed by atoms with E-state index in [4.69, 9.17) is 10.2 Å². The maximum Gasteiger partial charge on any atom is 2.00 e. The van der Waals surface area contributed by atoms with Crippen molar-refractivity contribution in [3.8, 4) is 0 Å². The smallest absolute Gasteiger partial charge is 0.547 e. The molecule has 0 aromatic carbocycles. The van der Waals surface area contributed by atoms with E-state index in [-0.39, 0.29) is 46.0 Å². The average molecular weight is 230 g/mol. The first-order chi connectivity index (χ1) is 4.46. The molecule has 0 radical (unpaired) electrons. The first-order valence-electron chi connectivity index (χ1n) is 2.24. The largest absolute Gasteiger partial charge is 2.00 e. The topological polar surface area (TPSA) is 121 Å². The van der Waals surface area contributed by atoms with Gasteiger partial charge >= 0.3 is 46.0 Å². The van der Waals surface area contributed by atoms with Crippen LogP contribution >= 0.6 is 0 Å². The fraction of sp³-hybridized carbons (Fsp3) is 0.500. The number of hydrogen-bond acceptors (Lipinski definition) is 6. The number of hydrogen-bond donors (Lipinski definition) is 2. The number of carboxylic acids is 2. The molecule has 0 saturated heterocycles. The van der Waals surface area contributed by atoms with Gasteiger partial charge in [0.1, 0.15) is 12.2 Å². The van der Waals surface area contributed by atoms with E-state index in [1.165, 1.54) is 0 Å². The second-order valence-corrected chi connectivity index (χ2v) is 1.53. The summed E-state index contributed by atoms with van der Waals surface area (Å²) in [7, 11) is 0. The van der Waals surface area contributed by atoms with Gasteiger partial charge in [-0.1, -0.05) is 0 Å². The molecule has 66 valence electrons. The molecule has 0 fully saturated rings. The van der Waals surface area contributed by atoms with Gasteiger partial charge in [-0.3, -0.25) is 0 Å². The summed E-state index contributed by atoms with van der Waals surface area (Å²) in [5.41, 5.74) is 0. The zero-order valence-corrected chi connectivity index (χ0v) is 8.99. The Morgan fingerprint density at radius 1 is 1.00 bits per heavy atom. The fourth-order valence-corrected chi connectivity index (χ4v) is 0.258. The number of aliphatic carboxylic acids is 2. The molecular weight excluding hydrogens is 226 g/mol. The molecule has 0 aromatic heterocycles. The minimum absolute atomic E-state index is 0. The van der Waals surface area contributed by atoms with Crippen LogP contribution in [0.4, 0.5) is 0 Å². The third-order valence-corrected chi connectivity index (χ3v) is 0.782. The van der Waals surface area contributed by atoms with Crippen molar-refractivity contribution >= 4 is 11.9 Å². The molecular formula is C4H4NaNiO6+. The van der Waals surface area contributed by atoms with Crippen molar-refractivity contribution in [2.24, 2.45) is 0 Å². The van der Waals surface area contributed by atoms with E-state index in [0.29, 0.717) is 0 Å². The molecule has 6 nitrogen and oxygen atoms in total. The van der Waals surface area contributed by atoms with E-state index in [1.807, 2.05) is 0 Å². The average Bonchev–Trinajstić information content (AvgIpc) is 1.84. The molecule has 0 aliphatic heterocycles. The van der Waals surface area contributed by atoms with Crippen molar-refractivity contribution in [1.29, 1.82) is 0 Å². The quantitative estimate of drug-likeness (QED) is 0.464. The zero-order chi connectivity index (χ0) is 8.31. The number of rotatable bonds is 3. The Labute approximate surface area is 99.8 Å². The molecule has 0 aliphatic carbocycles. The van der Waals surface area contributed by atoms with Crippen LogP contribution in [-0.4, -0.2) is 34.4 Å². The fourth-order valence-electron chi connectivity index (χ4n) is 0.258. The van der Waals surface area contributed by atoms with Gasteiger partial charge in [0.05, 0.1) is 11.9 Å². The number of aliphatic hydroxyl groups excluding tert-OH is 2. The van der Waals surface area contributed by atoms with Crippen LogP contribution in [0.3, 0.4) is 0 Å². The van der Waals surface area contributed by atoms with Crippen molar-refractivity contribution in [1.82, 2.24) is 0 Å².